The summed E-state index contributed by atoms with van der Waals surface area (Å²) in [6, 6.07) is 25.2. The lowest BCUT2D eigenvalue weighted by Crippen LogP contribution is -2.01. The number of nitrogens with zero attached hydrogens (tertiary/aromatic N) is 1. The summed E-state index contributed by atoms with van der Waals surface area (Å²) in [7, 11) is 0. The largest absolute Gasteiger partial charge is 0.340 e. The van der Waals surface area contributed by atoms with Gasteiger partial charge in [0.1, 0.15) is 0 Å². The zero-order valence-electron chi connectivity index (χ0n) is 19.2. The van der Waals surface area contributed by atoms with Crippen LogP contribution >= 0.6 is 0 Å². The summed E-state index contributed by atoms with van der Waals surface area (Å²) >= 11 is 0. The second-order valence-corrected chi connectivity index (χ2v) is 9.46. The van der Waals surface area contributed by atoms with Crippen LogP contribution in [0.2, 0.25) is 0 Å². The third-order valence-corrected chi connectivity index (χ3v) is 6.65. The lowest BCUT2D eigenvalue weighted by atomic mass is 9.93. The number of aryl methyl sites for hydroxylation is 1. The van der Waals surface area contributed by atoms with Gasteiger partial charge in [-0.15, -0.1) is 0 Å². The third kappa shape index (κ3) is 4.03. The first-order valence-electron chi connectivity index (χ1n) is 11.6. The summed E-state index contributed by atoms with van der Waals surface area (Å²) in [6.45, 7) is 12.5. The minimum Gasteiger partial charge on any atom is -0.340 e. The number of hydrogen-bond acceptors (Lipinski definition) is 0. The highest BCUT2D eigenvalue weighted by Gasteiger charge is 2.13. The summed E-state index contributed by atoms with van der Waals surface area (Å²) < 4.78 is 2.53. The van der Waals surface area contributed by atoms with Crippen LogP contribution in [0.1, 0.15) is 81.9 Å². The van der Waals surface area contributed by atoms with Gasteiger partial charge in [0, 0.05) is 28.4 Å². The van der Waals surface area contributed by atoms with Gasteiger partial charge >= 0.3 is 0 Å². The normalized spacial score (nSPS) is 13.0. The Labute approximate surface area is 181 Å². The Morgan fingerprint density at radius 1 is 0.633 bits per heavy atom. The average molecular weight is 398 g/mol. The molecule has 1 atom stereocenters. The van der Waals surface area contributed by atoms with E-state index in [1.807, 2.05) is 0 Å². The van der Waals surface area contributed by atoms with Crippen LogP contribution in [0.5, 0.6) is 0 Å². The maximum absolute atomic E-state index is 2.53. The van der Waals surface area contributed by atoms with E-state index in [4.69, 9.17) is 0 Å². The molecule has 0 N–H and O–H groups in total. The molecule has 0 aliphatic carbocycles. The van der Waals surface area contributed by atoms with Crippen molar-refractivity contribution in [2.45, 2.75) is 71.8 Å². The van der Waals surface area contributed by atoms with Gasteiger partial charge in [0.25, 0.3) is 0 Å². The van der Waals surface area contributed by atoms with Crippen LogP contribution in [-0.4, -0.2) is 4.57 Å². The van der Waals surface area contributed by atoms with E-state index in [0.29, 0.717) is 17.8 Å². The molecule has 0 aliphatic heterocycles. The molecule has 4 rings (SSSR count). The van der Waals surface area contributed by atoms with E-state index >= 15 is 0 Å². The standard InChI is InChI=1S/C29H35N/c1-20(2)23-12-14-24(15-13-23)22(5)9-8-18-30-28-11-7-6-10-26(28)27-19-25(21(3)4)16-17-29(27)30/h6-7,10-17,19-22H,8-9,18H2,1-5H3. The predicted octanol–water partition coefficient (Wildman–Crippen LogP) is 8.63. The van der Waals surface area contributed by atoms with Crippen LogP contribution in [0.3, 0.4) is 0 Å². The Morgan fingerprint density at radius 3 is 1.93 bits per heavy atom. The minimum absolute atomic E-state index is 0.555. The Bertz CT molecular complexity index is 1130. The summed E-state index contributed by atoms with van der Waals surface area (Å²) in [6.07, 6.45) is 2.39. The number of benzene rings is 3. The van der Waals surface area contributed by atoms with Gasteiger partial charge in [-0.25, -0.2) is 0 Å². The fourth-order valence-electron chi connectivity index (χ4n) is 4.60. The van der Waals surface area contributed by atoms with Crippen molar-refractivity contribution >= 4 is 21.8 Å². The lowest BCUT2D eigenvalue weighted by molar-refractivity contribution is 0.578. The summed E-state index contributed by atoms with van der Waals surface area (Å²) in [4.78, 5) is 0. The van der Waals surface area contributed by atoms with Gasteiger partial charge in [-0.1, -0.05) is 83.1 Å². The van der Waals surface area contributed by atoms with Crippen LogP contribution in [0.4, 0.5) is 0 Å². The molecule has 0 radical (unpaired) electrons. The Hall–Kier alpha value is -2.54. The number of aromatic nitrogens is 1. The van der Waals surface area contributed by atoms with Crippen molar-refractivity contribution in [2.75, 3.05) is 0 Å². The summed E-state index contributed by atoms with van der Waals surface area (Å²) in [5, 5.41) is 2.78. The molecule has 1 nitrogen and oxygen atoms in total. The van der Waals surface area contributed by atoms with Crippen molar-refractivity contribution in [3.05, 3.63) is 83.4 Å². The molecule has 0 bridgehead atoms. The first kappa shape index (κ1) is 20.7. The van der Waals surface area contributed by atoms with E-state index < -0.39 is 0 Å². The molecular formula is C29H35N. The smallest absolute Gasteiger partial charge is 0.0491 e. The monoisotopic (exact) mass is 397 g/mol. The van der Waals surface area contributed by atoms with E-state index in [-0.39, 0.29) is 0 Å². The molecule has 0 fully saturated rings. The Balaban J connectivity index is 1.54. The van der Waals surface area contributed by atoms with Crippen LogP contribution in [0, 0.1) is 0 Å². The topological polar surface area (TPSA) is 4.93 Å². The molecule has 1 heterocycles. The second kappa shape index (κ2) is 8.68. The number of para-hydroxylation sites is 1. The molecule has 156 valence electrons. The molecule has 4 aromatic rings. The molecule has 30 heavy (non-hydrogen) atoms. The average Bonchev–Trinajstić information content (AvgIpc) is 3.07. The molecule has 0 spiro atoms. The van der Waals surface area contributed by atoms with Crippen LogP contribution < -0.4 is 0 Å². The molecule has 0 aliphatic rings. The number of fused-ring (bicyclic) bond motifs is 3. The molecule has 0 amide bonds. The van der Waals surface area contributed by atoms with Crippen molar-refractivity contribution in [2.24, 2.45) is 0 Å². The van der Waals surface area contributed by atoms with E-state index in [2.05, 4.69) is 106 Å². The molecular weight excluding hydrogens is 362 g/mol. The molecule has 3 aromatic carbocycles. The minimum atomic E-state index is 0.555. The predicted molar refractivity (Wildman–Crippen MR) is 132 cm³/mol. The maximum atomic E-state index is 2.53. The number of hydrogen-bond donors (Lipinski definition) is 0. The molecule has 0 saturated carbocycles. The van der Waals surface area contributed by atoms with E-state index in [0.717, 1.165) is 6.54 Å². The van der Waals surface area contributed by atoms with E-state index in [9.17, 15) is 0 Å². The molecule has 1 heteroatoms. The SMILES string of the molecule is CC(C)c1ccc(C(C)CCCn2c3ccccc3c3cc(C(C)C)ccc32)cc1. The van der Waals surface area contributed by atoms with Crippen molar-refractivity contribution in [3.8, 4) is 0 Å². The van der Waals surface area contributed by atoms with Crippen molar-refractivity contribution in [1.82, 2.24) is 4.57 Å². The highest BCUT2D eigenvalue weighted by atomic mass is 15.0. The van der Waals surface area contributed by atoms with Crippen molar-refractivity contribution in [1.29, 1.82) is 0 Å². The quantitative estimate of drug-likeness (QED) is 0.294. The van der Waals surface area contributed by atoms with E-state index in [1.54, 1.807) is 0 Å². The van der Waals surface area contributed by atoms with Gasteiger partial charge in [0.2, 0.25) is 0 Å². The summed E-state index contributed by atoms with van der Waals surface area (Å²) in [5.41, 5.74) is 7.04. The van der Waals surface area contributed by atoms with Gasteiger partial charge in [0.15, 0.2) is 0 Å². The van der Waals surface area contributed by atoms with Gasteiger partial charge in [-0.2, -0.15) is 0 Å². The van der Waals surface area contributed by atoms with Crippen molar-refractivity contribution in [3.63, 3.8) is 0 Å². The van der Waals surface area contributed by atoms with Crippen molar-refractivity contribution < 1.29 is 0 Å². The first-order valence-corrected chi connectivity index (χ1v) is 11.6. The van der Waals surface area contributed by atoms with Crippen LogP contribution in [0.15, 0.2) is 66.7 Å². The zero-order chi connectivity index (χ0) is 21.3. The summed E-state index contributed by atoms with van der Waals surface area (Å²) in [5.74, 6) is 1.74. The maximum Gasteiger partial charge on any atom is 0.0491 e. The third-order valence-electron chi connectivity index (χ3n) is 6.65. The fraction of sp³-hybridized carbons (Fsp3) is 0.379. The Morgan fingerprint density at radius 2 is 1.23 bits per heavy atom. The molecule has 0 saturated heterocycles. The first-order chi connectivity index (χ1) is 14.5. The van der Waals surface area contributed by atoms with Crippen LogP contribution in [-0.2, 0) is 6.54 Å². The van der Waals surface area contributed by atoms with Gasteiger partial charge < -0.3 is 4.57 Å². The van der Waals surface area contributed by atoms with E-state index in [1.165, 1.54) is 51.3 Å². The van der Waals surface area contributed by atoms with Gasteiger partial charge in [-0.05, 0) is 65.5 Å². The fourth-order valence-corrected chi connectivity index (χ4v) is 4.60. The zero-order valence-corrected chi connectivity index (χ0v) is 19.2. The Kier molecular flexibility index (Phi) is 5.99. The highest BCUT2D eigenvalue weighted by Crippen LogP contribution is 2.32. The van der Waals surface area contributed by atoms with Crippen LogP contribution in [0.25, 0.3) is 21.8 Å². The second-order valence-electron chi connectivity index (χ2n) is 9.46. The van der Waals surface area contributed by atoms with Gasteiger partial charge in [0.05, 0.1) is 0 Å². The molecule has 1 aromatic heterocycles. The highest BCUT2D eigenvalue weighted by molar-refractivity contribution is 6.08. The molecule has 1 unspecified atom stereocenters. The lowest BCUT2D eigenvalue weighted by Gasteiger charge is -2.15. The number of rotatable bonds is 7. The van der Waals surface area contributed by atoms with Gasteiger partial charge in [-0.3, -0.25) is 0 Å².